The van der Waals surface area contributed by atoms with Crippen LogP contribution in [-0.4, -0.2) is 89.9 Å². The van der Waals surface area contributed by atoms with Crippen LogP contribution in [0, 0.1) is 6.92 Å². The SMILES string of the molecule is COc1ccc(C(=O)N(C)C2CCN(C(=O)c3ccc(-c4ccc(OCc5ccc(OC6CCN(C(=O)c7ccc(C)cc7)CC6)cc5)cc4)cc3)CC2)cn1. The summed E-state index contributed by atoms with van der Waals surface area (Å²) in [6.45, 7) is 4.99. The minimum atomic E-state index is -0.0879. The highest BCUT2D eigenvalue weighted by Gasteiger charge is 2.29. The third-order valence-corrected chi connectivity index (χ3v) is 10.8. The number of hydrogen-bond donors (Lipinski definition) is 0. The van der Waals surface area contributed by atoms with Gasteiger partial charge in [-0.1, -0.05) is 54.1 Å². The number of ether oxygens (including phenoxy) is 3. The van der Waals surface area contributed by atoms with Crippen LogP contribution in [0.25, 0.3) is 11.1 Å². The maximum atomic E-state index is 13.4. The van der Waals surface area contributed by atoms with E-state index in [0.717, 1.165) is 52.2 Å². The van der Waals surface area contributed by atoms with Crippen molar-refractivity contribution in [1.82, 2.24) is 19.7 Å². The largest absolute Gasteiger partial charge is 0.490 e. The zero-order valence-corrected chi connectivity index (χ0v) is 32.2. The van der Waals surface area contributed by atoms with E-state index in [-0.39, 0.29) is 29.9 Å². The third-order valence-electron chi connectivity index (χ3n) is 10.8. The Balaban J connectivity index is 0.835. The van der Waals surface area contributed by atoms with Crippen LogP contribution in [0.1, 0.15) is 67.9 Å². The molecule has 0 atom stereocenters. The van der Waals surface area contributed by atoms with Gasteiger partial charge in [0.05, 0.1) is 12.7 Å². The standard InChI is InChI=1S/C46H48N4O6/c1-32-4-8-36(9-5-32)45(52)50-28-24-42(25-29-50)56-41-17-6-33(7-18-41)31-55-40-19-14-35(15-20-40)34-10-12-37(13-11-34)46(53)49-26-22-39(23-27-49)48(2)44(51)38-16-21-43(54-3)47-30-38/h4-21,30,39,42H,22-29,31H2,1-3H3. The fraction of sp³-hybridized carbons (Fsp3) is 0.304. The molecule has 2 aliphatic heterocycles. The number of benzene rings is 4. The Morgan fingerprint density at radius 3 is 1.73 bits per heavy atom. The summed E-state index contributed by atoms with van der Waals surface area (Å²) in [5, 5.41) is 0. The van der Waals surface area contributed by atoms with Crippen molar-refractivity contribution in [2.75, 3.05) is 40.3 Å². The van der Waals surface area contributed by atoms with Gasteiger partial charge in [-0.15, -0.1) is 0 Å². The Morgan fingerprint density at radius 1 is 0.661 bits per heavy atom. The molecule has 7 rings (SSSR count). The van der Waals surface area contributed by atoms with E-state index in [1.807, 2.05) is 121 Å². The fourth-order valence-corrected chi connectivity index (χ4v) is 7.26. The van der Waals surface area contributed by atoms with E-state index >= 15 is 0 Å². The number of aryl methyl sites for hydroxylation is 1. The van der Waals surface area contributed by atoms with Crippen LogP contribution in [0.3, 0.4) is 0 Å². The molecular formula is C46H48N4O6. The first-order chi connectivity index (χ1) is 27.2. The van der Waals surface area contributed by atoms with Crippen LogP contribution < -0.4 is 14.2 Å². The number of aromatic nitrogens is 1. The number of carbonyl (C=O) groups is 3. The summed E-state index contributed by atoms with van der Waals surface area (Å²) >= 11 is 0. The van der Waals surface area contributed by atoms with Gasteiger partial charge >= 0.3 is 0 Å². The van der Waals surface area contributed by atoms with Crippen LogP contribution in [0.4, 0.5) is 0 Å². The van der Waals surface area contributed by atoms with Gasteiger partial charge in [-0.3, -0.25) is 14.4 Å². The summed E-state index contributed by atoms with van der Waals surface area (Å²) in [5.74, 6) is 2.05. The molecule has 3 heterocycles. The van der Waals surface area contributed by atoms with Gasteiger partial charge in [0.2, 0.25) is 5.88 Å². The summed E-state index contributed by atoms with van der Waals surface area (Å²) in [6.07, 6.45) is 4.64. The van der Waals surface area contributed by atoms with Crippen molar-refractivity contribution in [3.63, 3.8) is 0 Å². The molecule has 10 nitrogen and oxygen atoms in total. The minimum Gasteiger partial charge on any atom is -0.490 e. The molecule has 0 saturated carbocycles. The number of carbonyl (C=O) groups excluding carboxylic acids is 3. The second-order valence-corrected chi connectivity index (χ2v) is 14.5. The Hall–Kier alpha value is -6.16. The second kappa shape index (κ2) is 17.5. The van der Waals surface area contributed by atoms with Crippen molar-refractivity contribution >= 4 is 17.7 Å². The van der Waals surface area contributed by atoms with E-state index in [1.54, 1.807) is 24.1 Å². The number of pyridine rings is 1. The van der Waals surface area contributed by atoms with Crippen molar-refractivity contribution in [1.29, 1.82) is 0 Å². The highest BCUT2D eigenvalue weighted by molar-refractivity contribution is 5.96. The fourth-order valence-electron chi connectivity index (χ4n) is 7.26. The van der Waals surface area contributed by atoms with Gasteiger partial charge in [0.25, 0.3) is 17.7 Å². The Bertz CT molecular complexity index is 2090. The predicted molar refractivity (Wildman–Crippen MR) is 215 cm³/mol. The average Bonchev–Trinajstić information content (AvgIpc) is 3.26. The third kappa shape index (κ3) is 9.20. The second-order valence-electron chi connectivity index (χ2n) is 14.5. The predicted octanol–water partition coefficient (Wildman–Crippen LogP) is 7.71. The maximum Gasteiger partial charge on any atom is 0.255 e. The lowest BCUT2D eigenvalue weighted by atomic mass is 10.0. The van der Waals surface area contributed by atoms with Crippen molar-refractivity contribution < 1.29 is 28.6 Å². The van der Waals surface area contributed by atoms with Crippen molar-refractivity contribution in [2.24, 2.45) is 0 Å². The minimum absolute atomic E-state index is 0.000677. The van der Waals surface area contributed by atoms with Crippen LogP contribution in [0.5, 0.6) is 17.4 Å². The molecule has 0 bridgehead atoms. The first-order valence-electron chi connectivity index (χ1n) is 19.3. The number of likely N-dealkylation sites (tertiary alicyclic amines) is 2. The van der Waals surface area contributed by atoms with Crippen LogP contribution in [0.2, 0.25) is 0 Å². The zero-order chi connectivity index (χ0) is 39.0. The molecule has 5 aromatic rings. The summed E-state index contributed by atoms with van der Waals surface area (Å²) < 4.78 is 17.4. The Labute approximate surface area is 328 Å². The van der Waals surface area contributed by atoms with Gasteiger partial charge in [-0.2, -0.15) is 0 Å². The monoisotopic (exact) mass is 752 g/mol. The Morgan fingerprint density at radius 2 is 1.18 bits per heavy atom. The summed E-state index contributed by atoms with van der Waals surface area (Å²) in [5.41, 5.74) is 6.12. The van der Waals surface area contributed by atoms with E-state index in [4.69, 9.17) is 14.2 Å². The van der Waals surface area contributed by atoms with Crippen LogP contribution in [-0.2, 0) is 6.61 Å². The highest BCUT2D eigenvalue weighted by Crippen LogP contribution is 2.26. The molecule has 2 saturated heterocycles. The molecule has 3 amide bonds. The highest BCUT2D eigenvalue weighted by atomic mass is 16.5. The number of amides is 3. The topological polar surface area (TPSA) is 102 Å². The van der Waals surface area contributed by atoms with Gasteiger partial charge in [0.1, 0.15) is 24.2 Å². The first kappa shape index (κ1) is 38.1. The quantitative estimate of drug-likeness (QED) is 0.136. The molecule has 56 heavy (non-hydrogen) atoms. The number of nitrogens with zero attached hydrogens (tertiary/aromatic N) is 4. The van der Waals surface area contributed by atoms with Crippen molar-refractivity contribution in [3.8, 4) is 28.5 Å². The van der Waals surface area contributed by atoms with Gasteiger partial charge in [0.15, 0.2) is 0 Å². The molecule has 2 fully saturated rings. The van der Waals surface area contributed by atoms with Crippen LogP contribution in [0.15, 0.2) is 115 Å². The van der Waals surface area contributed by atoms with E-state index in [1.165, 1.54) is 6.20 Å². The molecule has 2 aliphatic rings. The maximum absolute atomic E-state index is 13.4. The molecule has 0 N–H and O–H groups in total. The molecular weight excluding hydrogens is 705 g/mol. The van der Waals surface area contributed by atoms with Gasteiger partial charge in [0, 0.05) is 75.5 Å². The van der Waals surface area contributed by atoms with Gasteiger partial charge in [-0.25, -0.2) is 4.98 Å². The van der Waals surface area contributed by atoms with Crippen LogP contribution >= 0.6 is 0 Å². The van der Waals surface area contributed by atoms with Gasteiger partial charge in [-0.05, 0) is 91.1 Å². The zero-order valence-electron chi connectivity index (χ0n) is 32.2. The number of hydrogen-bond acceptors (Lipinski definition) is 7. The van der Waals surface area contributed by atoms with E-state index in [9.17, 15) is 14.4 Å². The molecule has 288 valence electrons. The normalized spacial score (nSPS) is 14.9. The lowest BCUT2D eigenvalue weighted by molar-refractivity contribution is 0.0565. The molecule has 0 spiro atoms. The Kier molecular flexibility index (Phi) is 11.9. The number of rotatable bonds is 11. The number of piperidine rings is 2. The number of methoxy groups -OCH3 is 1. The molecule has 0 unspecified atom stereocenters. The lowest BCUT2D eigenvalue weighted by Crippen LogP contribution is -2.47. The molecule has 0 radical (unpaired) electrons. The summed E-state index contributed by atoms with van der Waals surface area (Å²) in [7, 11) is 3.35. The lowest BCUT2D eigenvalue weighted by Gasteiger charge is -2.36. The average molecular weight is 753 g/mol. The van der Waals surface area contributed by atoms with Crippen molar-refractivity contribution in [2.45, 2.75) is 51.4 Å². The molecule has 0 aliphatic carbocycles. The van der Waals surface area contributed by atoms with E-state index < -0.39 is 0 Å². The molecule has 4 aromatic carbocycles. The van der Waals surface area contributed by atoms with Gasteiger partial charge < -0.3 is 28.9 Å². The smallest absolute Gasteiger partial charge is 0.255 e. The molecule has 10 heteroatoms. The molecule has 1 aromatic heterocycles. The van der Waals surface area contributed by atoms with E-state index in [0.29, 0.717) is 62.6 Å². The summed E-state index contributed by atoms with van der Waals surface area (Å²) in [4.78, 5) is 48.9. The first-order valence-corrected chi connectivity index (χ1v) is 19.3. The van der Waals surface area contributed by atoms with E-state index in [2.05, 4.69) is 4.98 Å². The summed E-state index contributed by atoms with van der Waals surface area (Å²) in [6, 6.07) is 34.9. The van der Waals surface area contributed by atoms with Crippen molar-refractivity contribution in [3.05, 3.63) is 143 Å².